The Morgan fingerprint density at radius 3 is 2.09 bits per heavy atom. The van der Waals surface area contributed by atoms with Gasteiger partial charge in [0.1, 0.15) is 6.04 Å². The summed E-state index contributed by atoms with van der Waals surface area (Å²) in [5.74, 6) is -1.48. The highest BCUT2D eigenvalue weighted by Gasteiger charge is 2.22. The standard InChI is InChI=1S/C11H15N3O3S.2CH5N/c1-6-3-4-8(18-6)11(17)14-7(5-9(12)15)10(16)13-2;2*1-2/h3-4,7H,5H2,1-2H3,(H2,12,15)(H,13,16)(H,14,17);2*2H2,1H3/t7-;;/m0../s1. The second kappa shape index (κ2) is 12.7. The maximum atomic E-state index is 11.8. The van der Waals surface area contributed by atoms with Gasteiger partial charge < -0.3 is 27.8 Å². The van der Waals surface area contributed by atoms with E-state index in [9.17, 15) is 14.4 Å². The van der Waals surface area contributed by atoms with Crippen LogP contribution in [0.3, 0.4) is 0 Å². The molecule has 8 nitrogen and oxygen atoms in total. The van der Waals surface area contributed by atoms with Crippen molar-refractivity contribution in [3.63, 3.8) is 0 Å². The van der Waals surface area contributed by atoms with Crippen LogP contribution in [0.15, 0.2) is 12.1 Å². The molecule has 1 aromatic rings. The summed E-state index contributed by atoms with van der Waals surface area (Å²) in [5, 5.41) is 4.86. The highest BCUT2D eigenvalue weighted by Crippen LogP contribution is 2.14. The third-order valence-electron chi connectivity index (χ3n) is 2.24. The molecular weight excluding hydrogens is 306 g/mol. The van der Waals surface area contributed by atoms with Gasteiger partial charge in [0.25, 0.3) is 5.91 Å². The monoisotopic (exact) mass is 331 g/mol. The number of nitrogens with two attached hydrogens (primary N) is 3. The van der Waals surface area contributed by atoms with Gasteiger partial charge in [0.05, 0.1) is 11.3 Å². The number of hydrogen-bond donors (Lipinski definition) is 5. The van der Waals surface area contributed by atoms with Gasteiger partial charge in [-0.25, -0.2) is 0 Å². The third-order valence-corrected chi connectivity index (χ3v) is 3.24. The highest BCUT2D eigenvalue weighted by molar-refractivity contribution is 7.13. The molecule has 0 aromatic carbocycles. The van der Waals surface area contributed by atoms with Crippen LogP contribution in [0.4, 0.5) is 0 Å². The molecule has 8 N–H and O–H groups in total. The summed E-state index contributed by atoms with van der Waals surface area (Å²) in [6, 6.07) is 2.53. The Bertz CT molecular complexity index is 476. The maximum Gasteiger partial charge on any atom is 0.262 e. The van der Waals surface area contributed by atoms with E-state index >= 15 is 0 Å². The molecule has 1 aromatic heterocycles. The van der Waals surface area contributed by atoms with Crippen molar-refractivity contribution >= 4 is 29.1 Å². The minimum Gasteiger partial charge on any atom is -0.370 e. The van der Waals surface area contributed by atoms with Gasteiger partial charge in [-0.15, -0.1) is 11.3 Å². The molecule has 1 atom stereocenters. The zero-order valence-electron chi connectivity index (χ0n) is 13.3. The van der Waals surface area contributed by atoms with Crippen LogP contribution in [0.5, 0.6) is 0 Å². The van der Waals surface area contributed by atoms with E-state index in [4.69, 9.17) is 5.73 Å². The molecule has 0 aliphatic heterocycles. The third kappa shape index (κ3) is 8.35. The lowest BCUT2D eigenvalue weighted by Crippen LogP contribution is -2.47. The summed E-state index contributed by atoms with van der Waals surface area (Å²) in [7, 11) is 4.43. The van der Waals surface area contributed by atoms with Gasteiger partial charge in [-0.2, -0.15) is 0 Å². The topological polar surface area (TPSA) is 153 Å². The number of thiophene rings is 1. The summed E-state index contributed by atoms with van der Waals surface area (Å²) >= 11 is 1.32. The summed E-state index contributed by atoms with van der Waals surface area (Å²) < 4.78 is 0. The Labute approximate surface area is 134 Å². The van der Waals surface area contributed by atoms with Gasteiger partial charge in [-0.05, 0) is 33.2 Å². The van der Waals surface area contributed by atoms with Crippen molar-refractivity contribution in [2.45, 2.75) is 19.4 Å². The fourth-order valence-electron chi connectivity index (χ4n) is 1.37. The summed E-state index contributed by atoms with van der Waals surface area (Å²) in [4.78, 5) is 35.7. The maximum absolute atomic E-state index is 11.8. The first-order chi connectivity index (χ1) is 10.4. The van der Waals surface area contributed by atoms with Crippen LogP contribution in [0.2, 0.25) is 0 Å². The van der Waals surface area contributed by atoms with E-state index < -0.39 is 17.9 Å². The van der Waals surface area contributed by atoms with Crippen LogP contribution < -0.4 is 27.8 Å². The van der Waals surface area contributed by atoms with Crippen molar-refractivity contribution in [1.82, 2.24) is 10.6 Å². The number of carbonyl (C=O) groups excluding carboxylic acids is 3. The number of rotatable bonds is 5. The van der Waals surface area contributed by atoms with Gasteiger partial charge >= 0.3 is 0 Å². The highest BCUT2D eigenvalue weighted by atomic mass is 32.1. The van der Waals surface area contributed by atoms with Crippen molar-refractivity contribution in [3.05, 3.63) is 21.9 Å². The fraction of sp³-hybridized carbons (Fsp3) is 0.462. The van der Waals surface area contributed by atoms with E-state index in [0.29, 0.717) is 4.88 Å². The number of hydrogen-bond acceptors (Lipinski definition) is 6. The molecule has 0 radical (unpaired) electrons. The van der Waals surface area contributed by atoms with Gasteiger partial charge in [0, 0.05) is 11.9 Å². The fourth-order valence-corrected chi connectivity index (χ4v) is 2.14. The molecule has 0 spiro atoms. The smallest absolute Gasteiger partial charge is 0.262 e. The van der Waals surface area contributed by atoms with Crippen LogP contribution in [0, 0.1) is 6.92 Å². The second-order valence-electron chi connectivity index (χ2n) is 3.72. The van der Waals surface area contributed by atoms with Crippen molar-refractivity contribution in [2.24, 2.45) is 17.2 Å². The van der Waals surface area contributed by atoms with Crippen molar-refractivity contribution in [3.8, 4) is 0 Å². The first-order valence-electron chi connectivity index (χ1n) is 6.46. The van der Waals surface area contributed by atoms with E-state index in [2.05, 4.69) is 22.1 Å². The molecule has 0 bridgehead atoms. The van der Waals surface area contributed by atoms with Crippen molar-refractivity contribution in [2.75, 3.05) is 21.1 Å². The first-order valence-corrected chi connectivity index (χ1v) is 7.28. The lowest BCUT2D eigenvalue weighted by Gasteiger charge is -2.14. The Balaban J connectivity index is 0. The van der Waals surface area contributed by atoms with Gasteiger partial charge in [-0.1, -0.05) is 0 Å². The molecule has 1 heterocycles. The molecule has 0 aliphatic rings. The van der Waals surface area contributed by atoms with Crippen LogP contribution in [0.1, 0.15) is 21.0 Å². The Morgan fingerprint density at radius 2 is 1.73 bits per heavy atom. The lowest BCUT2D eigenvalue weighted by atomic mass is 10.2. The predicted octanol–water partition coefficient (Wildman–Crippen LogP) is -1.07. The average molecular weight is 331 g/mol. The first kappa shape index (κ1) is 22.3. The zero-order valence-corrected chi connectivity index (χ0v) is 14.1. The molecule has 1 rings (SSSR count). The summed E-state index contributed by atoms with van der Waals surface area (Å²) in [5.41, 5.74) is 14.0. The molecule has 3 amide bonds. The van der Waals surface area contributed by atoms with Crippen molar-refractivity contribution in [1.29, 1.82) is 0 Å². The zero-order chi connectivity index (χ0) is 17.7. The van der Waals surface area contributed by atoms with Gasteiger partial charge in [0.15, 0.2) is 0 Å². The molecule has 0 saturated heterocycles. The molecule has 0 fully saturated rings. The van der Waals surface area contributed by atoms with Crippen LogP contribution >= 0.6 is 11.3 Å². The van der Waals surface area contributed by atoms with Gasteiger partial charge in [0.2, 0.25) is 11.8 Å². The molecular formula is C13H25N5O3S. The molecule has 9 heteroatoms. The summed E-state index contributed by atoms with van der Waals surface area (Å²) in [6.45, 7) is 1.88. The Hall–Kier alpha value is -1.97. The van der Waals surface area contributed by atoms with Crippen LogP contribution in [0.25, 0.3) is 0 Å². The SMILES string of the molecule is CN.CN.CNC(=O)[C@H](CC(N)=O)NC(=O)c1ccc(C)s1. The van der Waals surface area contributed by atoms with Gasteiger partial charge in [-0.3, -0.25) is 14.4 Å². The number of aryl methyl sites for hydroxylation is 1. The van der Waals surface area contributed by atoms with Crippen LogP contribution in [-0.2, 0) is 9.59 Å². The second-order valence-corrected chi connectivity index (χ2v) is 5.01. The predicted molar refractivity (Wildman–Crippen MR) is 88.4 cm³/mol. The number of carbonyl (C=O) groups is 3. The van der Waals surface area contributed by atoms with E-state index in [0.717, 1.165) is 4.88 Å². The van der Waals surface area contributed by atoms with E-state index in [-0.39, 0.29) is 12.3 Å². The Kier molecular flexibility index (Phi) is 12.9. The average Bonchev–Trinajstić information content (AvgIpc) is 2.96. The number of nitrogens with one attached hydrogen (secondary N) is 2. The largest absolute Gasteiger partial charge is 0.370 e. The minimum atomic E-state index is -0.942. The molecule has 126 valence electrons. The minimum absolute atomic E-state index is 0.226. The number of likely N-dealkylation sites (N-methyl/N-ethyl adjacent to an activating group) is 1. The molecule has 0 aliphatic carbocycles. The lowest BCUT2D eigenvalue weighted by molar-refractivity contribution is -0.126. The molecule has 0 unspecified atom stereocenters. The number of amides is 3. The van der Waals surface area contributed by atoms with Crippen molar-refractivity contribution < 1.29 is 14.4 Å². The van der Waals surface area contributed by atoms with Crippen LogP contribution in [-0.4, -0.2) is 44.9 Å². The Morgan fingerprint density at radius 1 is 1.18 bits per heavy atom. The normalized spacial score (nSPS) is 10.1. The molecule has 0 saturated carbocycles. The number of primary amides is 1. The molecule has 22 heavy (non-hydrogen) atoms. The van der Waals surface area contributed by atoms with E-state index in [1.54, 1.807) is 6.07 Å². The quantitative estimate of drug-likeness (QED) is 0.465. The summed E-state index contributed by atoms with van der Waals surface area (Å²) in [6.07, 6.45) is -0.226. The van der Waals surface area contributed by atoms with E-state index in [1.807, 2.05) is 13.0 Å². The van der Waals surface area contributed by atoms with E-state index in [1.165, 1.54) is 32.5 Å².